The average Bonchev–Trinajstić information content (AvgIpc) is 3.27. The average molecular weight is 409 g/mol. The second-order valence-corrected chi connectivity index (χ2v) is 7.91. The topological polar surface area (TPSA) is 110 Å². The molecule has 1 aliphatic heterocycles. The first-order valence-electron chi connectivity index (χ1n) is 9.86. The van der Waals surface area contributed by atoms with Crippen LogP contribution < -0.4 is 15.4 Å². The summed E-state index contributed by atoms with van der Waals surface area (Å²) in [6, 6.07) is -0.0393. The van der Waals surface area contributed by atoms with Crippen molar-refractivity contribution in [2.45, 2.75) is 51.3 Å². The van der Waals surface area contributed by atoms with Crippen LogP contribution in [-0.2, 0) is 14.3 Å². The van der Waals surface area contributed by atoms with E-state index in [4.69, 9.17) is 13.9 Å². The van der Waals surface area contributed by atoms with E-state index in [2.05, 4.69) is 10.6 Å². The Hall–Kier alpha value is -2.39. The van der Waals surface area contributed by atoms with Crippen molar-refractivity contribution >= 4 is 17.8 Å². The van der Waals surface area contributed by atoms with E-state index < -0.39 is 24.1 Å². The molecule has 0 bridgehead atoms. The lowest BCUT2D eigenvalue weighted by atomic mass is 10.0. The molecule has 2 N–H and O–H groups in total. The molecule has 0 saturated carbocycles. The van der Waals surface area contributed by atoms with E-state index in [0.717, 1.165) is 13.0 Å². The van der Waals surface area contributed by atoms with E-state index in [1.807, 2.05) is 32.8 Å². The van der Waals surface area contributed by atoms with Gasteiger partial charge in [-0.1, -0.05) is 13.8 Å². The Labute approximate surface area is 171 Å². The largest absolute Gasteiger partial charge is 0.469 e. The number of carbonyl (C=O) groups excluding carboxylic acids is 3. The Morgan fingerprint density at radius 1 is 1.31 bits per heavy atom. The molecule has 0 radical (unpaired) electrons. The number of Topliss-reactive ketones (excluding diaryl/α,β-unsaturated/α-hetero) is 1. The van der Waals surface area contributed by atoms with Gasteiger partial charge in [-0.3, -0.25) is 9.59 Å². The molecule has 0 spiro atoms. The van der Waals surface area contributed by atoms with Crippen molar-refractivity contribution in [3.63, 3.8) is 0 Å². The SMILES string of the molecule is CC(C)CC[C@H](NC(=O)Oc1ccoc1)C(=O)NC1C(=O)COC1CCN(C)C. The minimum absolute atomic E-state index is 0.0182. The summed E-state index contributed by atoms with van der Waals surface area (Å²) in [4.78, 5) is 39.2. The molecule has 1 fully saturated rings. The minimum Gasteiger partial charge on any atom is -0.469 e. The Morgan fingerprint density at radius 3 is 2.69 bits per heavy atom. The zero-order valence-corrected chi connectivity index (χ0v) is 17.5. The number of ketones is 1. The molecule has 2 unspecified atom stereocenters. The predicted octanol–water partition coefficient (Wildman–Crippen LogP) is 1.58. The first-order chi connectivity index (χ1) is 13.8. The number of ether oxygens (including phenoxy) is 2. The lowest BCUT2D eigenvalue weighted by Gasteiger charge is -2.24. The van der Waals surface area contributed by atoms with Gasteiger partial charge in [0.25, 0.3) is 0 Å². The fourth-order valence-electron chi connectivity index (χ4n) is 3.00. The third-order valence-corrected chi connectivity index (χ3v) is 4.66. The van der Waals surface area contributed by atoms with Crippen LogP contribution in [0.15, 0.2) is 23.0 Å². The van der Waals surface area contributed by atoms with Gasteiger partial charge in [0.1, 0.15) is 25.0 Å². The summed E-state index contributed by atoms with van der Waals surface area (Å²) in [6.45, 7) is 4.78. The molecule has 9 heteroatoms. The van der Waals surface area contributed by atoms with Gasteiger partial charge in [-0.25, -0.2) is 4.79 Å². The highest BCUT2D eigenvalue weighted by atomic mass is 16.6. The van der Waals surface area contributed by atoms with Crippen LogP contribution in [0.25, 0.3) is 0 Å². The van der Waals surface area contributed by atoms with Gasteiger partial charge in [-0.2, -0.15) is 0 Å². The quantitative estimate of drug-likeness (QED) is 0.604. The van der Waals surface area contributed by atoms with Crippen LogP contribution in [0, 0.1) is 5.92 Å². The van der Waals surface area contributed by atoms with Crippen LogP contribution in [0.2, 0.25) is 0 Å². The van der Waals surface area contributed by atoms with Gasteiger partial charge in [0.15, 0.2) is 11.5 Å². The van der Waals surface area contributed by atoms with E-state index in [1.54, 1.807) is 0 Å². The summed E-state index contributed by atoms with van der Waals surface area (Å²) in [6.07, 6.45) is 3.30. The molecule has 2 heterocycles. The smallest absolute Gasteiger partial charge is 0.413 e. The van der Waals surface area contributed by atoms with Crippen molar-refractivity contribution in [3.8, 4) is 5.75 Å². The van der Waals surface area contributed by atoms with Gasteiger partial charge in [-0.15, -0.1) is 0 Å². The highest BCUT2D eigenvalue weighted by molar-refractivity contribution is 5.94. The van der Waals surface area contributed by atoms with Gasteiger partial charge in [-0.05, 0) is 39.3 Å². The molecule has 162 valence electrons. The van der Waals surface area contributed by atoms with Gasteiger partial charge in [0.2, 0.25) is 5.91 Å². The second-order valence-electron chi connectivity index (χ2n) is 7.91. The number of hydrogen-bond acceptors (Lipinski definition) is 7. The number of hydrogen-bond donors (Lipinski definition) is 2. The molecule has 2 rings (SSSR count). The van der Waals surface area contributed by atoms with Gasteiger partial charge >= 0.3 is 6.09 Å². The van der Waals surface area contributed by atoms with E-state index in [9.17, 15) is 14.4 Å². The standard InChI is InChI=1S/C20H31N3O6/c1-13(2)5-6-15(21-20(26)29-14-8-10-27-11-14)19(25)22-18-16(24)12-28-17(18)7-9-23(3)4/h8,10-11,13,15,17-18H,5-7,9,12H2,1-4H3,(H,21,26)(H,22,25)/t15-,17?,18?/m0/s1. The van der Waals surface area contributed by atoms with Gasteiger partial charge < -0.3 is 29.4 Å². The highest BCUT2D eigenvalue weighted by Gasteiger charge is 2.38. The Balaban J connectivity index is 1.99. The predicted molar refractivity (Wildman–Crippen MR) is 106 cm³/mol. The van der Waals surface area contributed by atoms with E-state index in [-0.39, 0.29) is 24.2 Å². The van der Waals surface area contributed by atoms with Crippen LogP contribution >= 0.6 is 0 Å². The zero-order chi connectivity index (χ0) is 21.4. The van der Waals surface area contributed by atoms with E-state index in [0.29, 0.717) is 18.8 Å². The number of furan rings is 1. The third-order valence-electron chi connectivity index (χ3n) is 4.66. The van der Waals surface area contributed by atoms with Crippen LogP contribution in [-0.4, -0.2) is 68.1 Å². The fraction of sp³-hybridized carbons (Fsp3) is 0.650. The number of nitrogens with one attached hydrogen (secondary N) is 2. The number of rotatable bonds is 10. The summed E-state index contributed by atoms with van der Waals surface area (Å²) in [5, 5.41) is 5.36. The van der Waals surface area contributed by atoms with E-state index >= 15 is 0 Å². The Morgan fingerprint density at radius 2 is 2.07 bits per heavy atom. The number of carbonyl (C=O) groups is 3. The van der Waals surface area contributed by atoms with E-state index in [1.165, 1.54) is 18.6 Å². The van der Waals surface area contributed by atoms with Crippen LogP contribution in [0.5, 0.6) is 5.75 Å². The second kappa shape index (κ2) is 11.0. The monoisotopic (exact) mass is 409 g/mol. The first kappa shape index (κ1) is 22.9. The zero-order valence-electron chi connectivity index (χ0n) is 17.5. The molecule has 3 atom stereocenters. The van der Waals surface area contributed by atoms with Crippen molar-refractivity contribution in [2.75, 3.05) is 27.2 Å². The van der Waals surface area contributed by atoms with Crippen molar-refractivity contribution in [1.82, 2.24) is 15.5 Å². The molecule has 1 saturated heterocycles. The Bertz CT molecular complexity index is 674. The summed E-state index contributed by atoms with van der Waals surface area (Å²) in [7, 11) is 3.86. The lowest BCUT2D eigenvalue weighted by molar-refractivity contribution is -0.127. The summed E-state index contributed by atoms with van der Waals surface area (Å²) in [5.74, 6) is 0.00843. The number of nitrogens with zero attached hydrogens (tertiary/aromatic N) is 1. The molecule has 1 aromatic heterocycles. The maximum atomic E-state index is 12.9. The summed E-state index contributed by atoms with van der Waals surface area (Å²) < 4.78 is 15.5. The van der Waals surface area contributed by atoms with Crippen molar-refractivity contribution < 1.29 is 28.3 Å². The lowest BCUT2D eigenvalue weighted by Crippen LogP contribution is -2.54. The molecule has 1 aromatic rings. The first-order valence-corrected chi connectivity index (χ1v) is 9.86. The van der Waals surface area contributed by atoms with Crippen molar-refractivity contribution in [1.29, 1.82) is 0 Å². The van der Waals surface area contributed by atoms with Crippen LogP contribution in [0.1, 0.15) is 33.1 Å². The molecular formula is C20H31N3O6. The molecule has 2 amide bonds. The van der Waals surface area contributed by atoms with Gasteiger partial charge in [0, 0.05) is 12.6 Å². The van der Waals surface area contributed by atoms with Crippen molar-refractivity contribution in [3.05, 3.63) is 18.6 Å². The molecule has 9 nitrogen and oxygen atoms in total. The minimum atomic E-state index is -0.820. The molecule has 0 aliphatic carbocycles. The third kappa shape index (κ3) is 7.51. The van der Waals surface area contributed by atoms with Crippen LogP contribution in [0.4, 0.5) is 4.79 Å². The summed E-state index contributed by atoms with van der Waals surface area (Å²) >= 11 is 0. The maximum Gasteiger partial charge on any atom is 0.413 e. The normalized spacial score (nSPS) is 20.1. The maximum absolute atomic E-state index is 12.9. The molecule has 0 aromatic carbocycles. The Kier molecular flexibility index (Phi) is 8.66. The molecule has 29 heavy (non-hydrogen) atoms. The summed E-state index contributed by atoms with van der Waals surface area (Å²) in [5.41, 5.74) is 0. The molecular weight excluding hydrogens is 378 g/mol. The number of amides is 2. The molecule has 1 aliphatic rings. The van der Waals surface area contributed by atoms with Crippen molar-refractivity contribution in [2.24, 2.45) is 5.92 Å². The fourth-order valence-corrected chi connectivity index (χ4v) is 3.00. The van der Waals surface area contributed by atoms with Gasteiger partial charge in [0.05, 0.1) is 12.4 Å². The van der Waals surface area contributed by atoms with Crippen LogP contribution in [0.3, 0.4) is 0 Å². The highest BCUT2D eigenvalue weighted by Crippen LogP contribution is 2.16.